The summed E-state index contributed by atoms with van der Waals surface area (Å²) in [6.45, 7) is 3.31. The molecule has 1 fully saturated rings. The van der Waals surface area contributed by atoms with Gasteiger partial charge in [0.15, 0.2) is 0 Å². The van der Waals surface area contributed by atoms with E-state index < -0.39 is 11.7 Å². The van der Waals surface area contributed by atoms with E-state index >= 15 is 0 Å². The van der Waals surface area contributed by atoms with Gasteiger partial charge in [0.1, 0.15) is 5.88 Å². The number of alkyl halides is 4. The molecule has 1 unspecified atom stereocenters. The fourth-order valence-corrected chi connectivity index (χ4v) is 2.47. The molecule has 1 aliphatic heterocycles. The molecule has 1 aromatic carbocycles. The summed E-state index contributed by atoms with van der Waals surface area (Å²) in [6.07, 6.45) is -4.36. The Morgan fingerprint density at radius 2 is 1.95 bits per heavy atom. The molecule has 7 heteroatoms. The van der Waals surface area contributed by atoms with E-state index in [9.17, 15) is 18.0 Å². The molecule has 3 nitrogen and oxygen atoms in total. The molecule has 0 bridgehead atoms. The number of hydrogen-bond donors (Lipinski definition) is 0. The molecule has 22 heavy (non-hydrogen) atoms. The van der Waals surface area contributed by atoms with Gasteiger partial charge >= 0.3 is 6.18 Å². The number of benzene rings is 1. The zero-order valence-electron chi connectivity index (χ0n) is 12.1. The average molecular weight is 336 g/mol. The Labute approximate surface area is 132 Å². The van der Waals surface area contributed by atoms with E-state index in [-0.39, 0.29) is 30.3 Å². The third-order valence-corrected chi connectivity index (χ3v) is 4.14. The van der Waals surface area contributed by atoms with Crippen molar-refractivity contribution in [3.8, 4) is 0 Å². The SMILES string of the molecule is CC(C1COC1)N(Cc1ccc(C(F)(F)F)cc1)C(=O)CCl. The van der Waals surface area contributed by atoms with Gasteiger partial charge in [0.2, 0.25) is 5.91 Å². The van der Waals surface area contributed by atoms with E-state index in [1.165, 1.54) is 12.1 Å². The van der Waals surface area contributed by atoms with Crippen molar-refractivity contribution in [3.63, 3.8) is 0 Å². The highest BCUT2D eigenvalue weighted by atomic mass is 35.5. The van der Waals surface area contributed by atoms with Gasteiger partial charge in [-0.2, -0.15) is 13.2 Å². The van der Waals surface area contributed by atoms with Gasteiger partial charge in [0.25, 0.3) is 0 Å². The average Bonchev–Trinajstić information content (AvgIpc) is 2.41. The second-order valence-corrected chi connectivity index (χ2v) is 5.66. The molecule has 1 saturated heterocycles. The van der Waals surface area contributed by atoms with Crippen LogP contribution in [0.5, 0.6) is 0 Å². The summed E-state index contributed by atoms with van der Waals surface area (Å²) in [7, 11) is 0. The number of nitrogens with zero attached hydrogens (tertiary/aromatic N) is 1. The van der Waals surface area contributed by atoms with Crippen LogP contribution in [0.15, 0.2) is 24.3 Å². The molecule has 0 aliphatic carbocycles. The Balaban J connectivity index is 2.11. The molecule has 1 amide bonds. The van der Waals surface area contributed by atoms with E-state index in [1.54, 1.807) is 4.90 Å². The second-order valence-electron chi connectivity index (χ2n) is 5.39. The van der Waals surface area contributed by atoms with E-state index in [2.05, 4.69) is 0 Å². The molecule has 1 aliphatic rings. The fraction of sp³-hybridized carbons (Fsp3) is 0.533. The van der Waals surface area contributed by atoms with Crippen LogP contribution >= 0.6 is 11.6 Å². The van der Waals surface area contributed by atoms with Crippen molar-refractivity contribution in [3.05, 3.63) is 35.4 Å². The summed E-state index contributed by atoms with van der Waals surface area (Å²) in [4.78, 5) is 13.6. The molecular weight excluding hydrogens is 319 g/mol. The van der Waals surface area contributed by atoms with Crippen LogP contribution in [0.3, 0.4) is 0 Å². The second kappa shape index (κ2) is 6.87. The molecular formula is C15H17ClF3NO2. The highest BCUT2D eigenvalue weighted by molar-refractivity contribution is 6.27. The Kier molecular flexibility index (Phi) is 5.34. The first-order valence-electron chi connectivity index (χ1n) is 6.92. The normalized spacial score (nSPS) is 17.0. The van der Waals surface area contributed by atoms with Crippen LogP contribution in [-0.4, -0.2) is 35.9 Å². The number of carbonyl (C=O) groups is 1. The van der Waals surface area contributed by atoms with Gasteiger partial charge in [-0.15, -0.1) is 11.6 Å². The standard InChI is InChI=1S/C15H17ClF3NO2/c1-10(12-8-22-9-12)20(14(21)6-16)7-11-2-4-13(5-3-11)15(17,18)19/h2-5,10,12H,6-9H2,1H3. The van der Waals surface area contributed by atoms with Crippen LogP contribution in [0.25, 0.3) is 0 Å². The van der Waals surface area contributed by atoms with Crippen molar-refractivity contribution in [2.45, 2.75) is 25.7 Å². The van der Waals surface area contributed by atoms with Crippen molar-refractivity contribution in [1.29, 1.82) is 0 Å². The first kappa shape index (κ1) is 17.1. The lowest BCUT2D eigenvalue weighted by atomic mass is 9.97. The van der Waals surface area contributed by atoms with Gasteiger partial charge in [0.05, 0.1) is 18.8 Å². The lowest BCUT2D eigenvalue weighted by molar-refractivity contribution is -0.139. The number of halogens is 4. The van der Waals surface area contributed by atoms with E-state index in [0.717, 1.165) is 12.1 Å². The topological polar surface area (TPSA) is 29.5 Å². The summed E-state index contributed by atoms with van der Waals surface area (Å²) < 4.78 is 42.8. The van der Waals surface area contributed by atoms with Gasteiger partial charge in [0, 0.05) is 18.5 Å². The summed E-state index contributed by atoms with van der Waals surface area (Å²) in [6, 6.07) is 4.76. The highest BCUT2D eigenvalue weighted by Crippen LogP contribution is 2.29. The van der Waals surface area contributed by atoms with E-state index in [1.807, 2.05) is 6.92 Å². The first-order valence-corrected chi connectivity index (χ1v) is 7.45. The first-order chi connectivity index (χ1) is 10.3. The number of carbonyl (C=O) groups excluding carboxylic acids is 1. The number of ether oxygens (including phenoxy) is 1. The van der Waals surface area contributed by atoms with Crippen LogP contribution in [0.4, 0.5) is 13.2 Å². The molecule has 0 saturated carbocycles. The van der Waals surface area contributed by atoms with Crippen LogP contribution in [0, 0.1) is 5.92 Å². The lowest BCUT2D eigenvalue weighted by Crippen LogP contribution is -2.49. The maximum absolute atomic E-state index is 12.6. The van der Waals surface area contributed by atoms with Gasteiger partial charge < -0.3 is 9.64 Å². The quantitative estimate of drug-likeness (QED) is 0.773. The summed E-state index contributed by atoms with van der Waals surface area (Å²) in [5, 5.41) is 0. The van der Waals surface area contributed by atoms with Gasteiger partial charge in [-0.3, -0.25) is 4.79 Å². The van der Waals surface area contributed by atoms with Gasteiger partial charge in [-0.05, 0) is 24.6 Å². The minimum Gasteiger partial charge on any atom is -0.381 e. The predicted octanol–water partition coefficient (Wildman–Crippen LogP) is 3.31. The van der Waals surface area contributed by atoms with Crippen molar-refractivity contribution >= 4 is 17.5 Å². The van der Waals surface area contributed by atoms with Crippen LogP contribution in [-0.2, 0) is 22.3 Å². The number of amides is 1. The third kappa shape index (κ3) is 3.93. The predicted molar refractivity (Wildman–Crippen MR) is 76.5 cm³/mol. The highest BCUT2D eigenvalue weighted by Gasteiger charge is 2.32. The van der Waals surface area contributed by atoms with Gasteiger partial charge in [-0.25, -0.2) is 0 Å². The minimum absolute atomic E-state index is 0.0673. The fourth-order valence-electron chi connectivity index (χ4n) is 2.32. The molecule has 0 N–H and O–H groups in total. The molecule has 1 aromatic rings. The summed E-state index contributed by atoms with van der Waals surface area (Å²) >= 11 is 5.64. The van der Waals surface area contributed by atoms with Crippen molar-refractivity contribution in [2.75, 3.05) is 19.1 Å². The summed E-state index contributed by atoms with van der Waals surface area (Å²) in [5.74, 6) is -0.152. The molecule has 2 rings (SSSR count). The van der Waals surface area contributed by atoms with E-state index in [4.69, 9.17) is 16.3 Å². The smallest absolute Gasteiger partial charge is 0.381 e. The maximum Gasteiger partial charge on any atom is 0.416 e. The number of hydrogen-bond acceptors (Lipinski definition) is 2. The molecule has 1 atom stereocenters. The van der Waals surface area contributed by atoms with Crippen LogP contribution < -0.4 is 0 Å². The zero-order chi connectivity index (χ0) is 16.3. The Morgan fingerprint density at radius 3 is 2.36 bits per heavy atom. The molecule has 0 aromatic heterocycles. The van der Waals surface area contributed by atoms with Crippen molar-refractivity contribution < 1.29 is 22.7 Å². The van der Waals surface area contributed by atoms with Gasteiger partial charge in [-0.1, -0.05) is 12.1 Å². The molecule has 0 radical (unpaired) electrons. The number of rotatable bonds is 5. The third-order valence-electron chi connectivity index (χ3n) is 3.91. The Bertz CT molecular complexity index is 515. The largest absolute Gasteiger partial charge is 0.416 e. The summed E-state index contributed by atoms with van der Waals surface area (Å²) in [5.41, 5.74) is -0.0644. The van der Waals surface area contributed by atoms with E-state index in [0.29, 0.717) is 18.8 Å². The molecule has 122 valence electrons. The minimum atomic E-state index is -4.36. The zero-order valence-corrected chi connectivity index (χ0v) is 12.8. The maximum atomic E-state index is 12.6. The lowest BCUT2D eigenvalue weighted by Gasteiger charge is -2.39. The monoisotopic (exact) mass is 335 g/mol. The Morgan fingerprint density at radius 1 is 1.36 bits per heavy atom. The molecule has 1 heterocycles. The molecule has 0 spiro atoms. The van der Waals surface area contributed by atoms with Crippen LogP contribution in [0.1, 0.15) is 18.1 Å². The van der Waals surface area contributed by atoms with Crippen molar-refractivity contribution in [1.82, 2.24) is 4.90 Å². The van der Waals surface area contributed by atoms with Crippen molar-refractivity contribution in [2.24, 2.45) is 5.92 Å². The van der Waals surface area contributed by atoms with Crippen LogP contribution in [0.2, 0.25) is 0 Å². The Hall–Kier alpha value is -1.27.